The fourth-order valence-electron chi connectivity index (χ4n) is 1.93. The van der Waals surface area contributed by atoms with Gasteiger partial charge in [0.25, 0.3) is 0 Å². The van der Waals surface area contributed by atoms with Gasteiger partial charge in [-0.3, -0.25) is 0 Å². The summed E-state index contributed by atoms with van der Waals surface area (Å²) < 4.78 is 37.2. The highest BCUT2D eigenvalue weighted by atomic mass is 79.9. The van der Waals surface area contributed by atoms with Gasteiger partial charge in [0.05, 0.1) is 13.2 Å². The van der Waals surface area contributed by atoms with E-state index in [4.69, 9.17) is 9.15 Å². The number of halogens is 1. The Kier molecular flexibility index (Phi) is 5.48. The third-order valence-electron chi connectivity index (χ3n) is 3.53. The average molecular weight is 381 g/mol. The summed E-state index contributed by atoms with van der Waals surface area (Å²) in [6.45, 7) is 2.67. The Morgan fingerprint density at radius 3 is 2.81 bits per heavy atom. The highest BCUT2D eigenvalue weighted by molar-refractivity contribution is 9.10. The Morgan fingerprint density at radius 2 is 2.24 bits per heavy atom. The van der Waals surface area contributed by atoms with Gasteiger partial charge in [0.15, 0.2) is 4.67 Å². The molecule has 1 fully saturated rings. The van der Waals surface area contributed by atoms with Crippen molar-refractivity contribution in [2.75, 3.05) is 20.8 Å². The number of rotatable bonds is 8. The first-order valence-corrected chi connectivity index (χ1v) is 9.08. The summed E-state index contributed by atoms with van der Waals surface area (Å²) in [5, 5.41) is 3.29. The van der Waals surface area contributed by atoms with Crippen LogP contribution in [-0.2, 0) is 21.3 Å². The highest BCUT2D eigenvalue weighted by Gasteiger charge is 2.30. The number of methoxy groups -OCH3 is 1. The van der Waals surface area contributed by atoms with Crippen LogP contribution in [0.5, 0.6) is 0 Å². The summed E-state index contributed by atoms with van der Waals surface area (Å²) in [7, 11) is -0.518. The third-order valence-corrected chi connectivity index (χ3v) is 6.36. The van der Waals surface area contributed by atoms with Crippen LogP contribution in [0.3, 0.4) is 0 Å². The van der Waals surface area contributed by atoms with Crippen LogP contribution in [0, 0.1) is 0 Å². The molecule has 1 aromatic rings. The molecule has 1 unspecified atom stereocenters. The molecule has 0 amide bonds. The molecule has 6 nitrogen and oxygen atoms in total. The summed E-state index contributed by atoms with van der Waals surface area (Å²) in [4.78, 5) is 0.153. The van der Waals surface area contributed by atoms with Crippen LogP contribution in [-0.4, -0.2) is 45.6 Å². The molecule has 1 heterocycles. The maximum absolute atomic E-state index is 12.6. The molecule has 1 N–H and O–H groups in total. The van der Waals surface area contributed by atoms with Crippen molar-refractivity contribution in [1.82, 2.24) is 9.62 Å². The zero-order valence-electron chi connectivity index (χ0n) is 12.4. The minimum atomic E-state index is -3.61. The van der Waals surface area contributed by atoms with Gasteiger partial charge in [0.1, 0.15) is 10.7 Å². The van der Waals surface area contributed by atoms with Gasteiger partial charge in [-0.15, -0.1) is 0 Å². The van der Waals surface area contributed by atoms with E-state index in [9.17, 15) is 8.42 Å². The zero-order chi connectivity index (χ0) is 15.6. The molecule has 1 aliphatic carbocycles. The number of hydrogen-bond donors (Lipinski definition) is 1. The second kappa shape index (κ2) is 6.78. The van der Waals surface area contributed by atoms with Crippen LogP contribution in [0.4, 0.5) is 0 Å². The lowest BCUT2D eigenvalue weighted by atomic mass is 10.4. The van der Waals surface area contributed by atoms with Gasteiger partial charge in [0, 0.05) is 32.3 Å². The SMILES string of the molecule is COCC(C)N(C)S(=O)(=O)c1cc(CNC2CC2)oc1Br. The second-order valence-electron chi connectivity index (χ2n) is 5.33. The zero-order valence-corrected chi connectivity index (χ0v) is 14.8. The maximum atomic E-state index is 12.6. The summed E-state index contributed by atoms with van der Waals surface area (Å²) >= 11 is 3.20. The van der Waals surface area contributed by atoms with Gasteiger partial charge < -0.3 is 14.5 Å². The van der Waals surface area contributed by atoms with E-state index in [-0.39, 0.29) is 15.6 Å². The van der Waals surface area contributed by atoms with E-state index in [1.165, 1.54) is 17.1 Å². The third kappa shape index (κ3) is 4.07. The van der Waals surface area contributed by atoms with Crippen molar-refractivity contribution in [2.24, 2.45) is 0 Å². The monoisotopic (exact) mass is 380 g/mol. The van der Waals surface area contributed by atoms with Crippen LogP contribution < -0.4 is 5.32 Å². The first-order valence-electron chi connectivity index (χ1n) is 6.84. The largest absolute Gasteiger partial charge is 0.452 e. The Balaban J connectivity index is 2.14. The standard InChI is InChI=1S/C13H21BrN2O4S/c1-9(8-19-3)16(2)21(17,18)12-6-11(20-13(12)14)7-15-10-4-5-10/h6,9-10,15H,4-5,7-8H2,1-3H3. The van der Waals surface area contributed by atoms with Crippen LogP contribution in [0.2, 0.25) is 0 Å². The molecule has 0 aromatic carbocycles. The summed E-state index contributed by atoms with van der Waals surface area (Å²) in [5.41, 5.74) is 0. The van der Waals surface area contributed by atoms with Gasteiger partial charge in [-0.05, 0) is 35.7 Å². The Hall–Kier alpha value is -0.410. The molecule has 0 saturated heterocycles. The van der Waals surface area contributed by atoms with E-state index in [1.54, 1.807) is 27.1 Å². The molecule has 1 atom stereocenters. The molecule has 0 spiro atoms. The van der Waals surface area contributed by atoms with Crippen molar-refractivity contribution in [3.8, 4) is 0 Å². The van der Waals surface area contributed by atoms with Gasteiger partial charge >= 0.3 is 0 Å². The lowest BCUT2D eigenvalue weighted by Crippen LogP contribution is -2.37. The summed E-state index contributed by atoms with van der Waals surface area (Å²) in [5.74, 6) is 0.611. The lowest BCUT2D eigenvalue weighted by molar-refractivity contribution is 0.149. The quantitative estimate of drug-likeness (QED) is 0.745. The molecule has 0 bridgehead atoms. The Bertz CT molecular complexity index is 583. The first kappa shape index (κ1) is 17.0. The fraction of sp³-hybridized carbons (Fsp3) is 0.692. The number of ether oxygens (including phenoxy) is 1. The predicted octanol–water partition coefficient (Wildman–Crippen LogP) is 1.95. The molecule has 21 heavy (non-hydrogen) atoms. The van der Waals surface area contributed by atoms with Gasteiger partial charge in [-0.25, -0.2) is 8.42 Å². The smallest absolute Gasteiger partial charge is 0.247 e. The van der Waals surface area contributed by atoms with E-state index >= 15 is 0 Å². The number of furan rings is 1. The Labute approximate surface area is 134 Å². The number of likely N-dealkylation sites (N-methyl/N-ethyl adjacent to an activating group) is 1. The van der Waals surface area contributed by atoms with Crippen LogP contribution in [0.15, 0.2) is 20.0 Å². The van der Waals surface area contributed by atoms with Crippen LogP contribution >= 0.6 is 15.9 Å². The fourth-order valence-corrected chi connectivity index (χ4v) is 4.24. The second-order valence-corrected chi connectivity index (χ2v) is 8.02. The molecule has 0 radical (unpaired) electrons. The molecular weight excluding hydrogens is 360 g/mol. The van der Waals surface area contributed by atoms with Crippen molar-refractivity contribution in [1.29, 1.82) is 0 Å². The number of hydrogen-bond acceptors (Lipinski definition) is 5. The van der Waals surface area contributed by atoms with E-state index in [2.05, 4.69) is 21.2 Å². The molecule has 8 heteroatoms. The number of sulfonamides is 1. The van der Waals surface area contributed by atoms with E-state index in [0.29, 0.717) is 25.0 Å². The molecule has 1 saturated carbocycles. The van der Waals surface area contributed by atoms with Crippen LogP contribution in [0.25, 0.3) is 0 Å². The Morgan fingerprint density at radius 1 is 1.57 bits per heavy atom. The number of nitrogens with zero attached hydrogens (tertiary/aromatic N) is 1. The van der Waals surface area contributed by atoms with E-state index in [0.717, 1.165) is 0 Å². The first-order chi connectivity index (χ1) is 9.86. The average Bonchev–Trinajstić information content (AvgIpc) is 3.18. The maximum Gasteiger partial charge on any atom is 0.247 e. The van der Waals surface area contributed by atoms with E-state index < -0.39 is 10.0 Å². The molecule has 1 aromatic heterocycles. The molecular formula is C13H21BrN2O4S. The van der Waals surface area contributed by atoms with Gasteiger partial charge in [0.2, 0.25) is 10.0 Å². The summed E-state index contributed by atoms with van der Waals surface area (Å²) in [6, 6.07) is 1.86. The van der Waals surface area contributed by atoms with Gasteiger partial charge in [-0.1, -0.05) is 0 Å². The van der Waals surface area contributed by atoms with Crippen molar-refractivity contribution in [3.63, 3.8) is 0 Å². The molecule has 2 rings (SSSR count). The molecule has 0 aliphatic heterocycles. The molecule has 120 valence electrons. The minimum absolute atomic E-state index is 0.153. The predicted molar refractivity (Wildman–Crippen MR) is 82.6 cm³/mol. The lowest BCUT2D eigenvalue weighted by Gasteiger charge is -2.22. The van der Waals surface area contributed by atoms with Crippen molar-refractivity contribution in [3.05, 3.63) is 16.5 Å². The minimum Gasteiger partial charge on any atom is -0.452 e. The van der Waals surface area contributed by atoms with Crippen molar-refractivity contribution < 1.29 is 17.6 Å². The highest BCUT2D eigenvalue weighted by Crippen LogP contribution is 2.29. The number of nitrogens with one attached hydrogen (secondary N) is 1. The normalized spacial score (nSPS) is 17.4. The van der Waals surface area contributed by atoms with E-state index in [1.807, 2.05) is 0 Å². The van der Waals surface area contributed by atoms with Gasteiger partial charge in [-0.2, -0.15) is 4.31 Å². The van der Waals surface area contributed by atoms with Crippen molar-refractivity contribution in [2.45, 2.75) is 43.3 Å². The van der Waals surface area contributed by atoms with Crippen LogP contribution in [0.1, 0.15) is 25.5 Å². The van der Waals surface area contributed by atoms with Crippen molar-refractivity contribution >= 4 is 26.0 Å². The topological polar surface area (TPSA) is 71.8 Å². The summed E-state index contributed by atoms with van der Waals surface area (Å²) in [6.07, 6.45) is 2.34. The molecule has 1 aliphatic rings.